The van der Waals surface area contributed by atoms with Gasteiger partial charge in [0.1, 0.15) is 0 Å². The molecule has 0 aliphatic rings. The van der Waals surface area contributed by atoms with E-state index < -0.39 is 10.0 Å². The maximum atomic E-state index is 12.2. The van der Waals surface area contributed by atoms with E-state index in [4.69, 9.17) is 23.2 Å². The van der Waals surface area contributed by atoms with E-state index in [0.717, 1.165) is 17.8 Å². The van der Waals surface area contributed by atoms with E-state index in [9.17, 15) is 13.2 Å². The zero-order valence-electron chi connectivity index (χ0n) is 17.0. The summed E-state index contributed by atoms with van der Waals surface area (Å²) in [5.74, 6) is 1.61. The number of sulfonamides is 1. The van der Waals surface area contributed by atoms with Gasteiger partial charge < -0.3 is 5.32 Å². The van der Waals surface area contributed by atoms with Crippen LogP contribution in [0.5, 0.6) is 0 Å². The van der Waals surface area contributed by atoms with Gasteiger partial charge in [-0.1, -0.05) is 53.0 Å². The fourth-order valence-electron chi connectivity index (χ4n) is 2.75. The van der Waals surface area contributed by atoms with Crippen molar-refractivity contribution < 1.29 is 13.2 Å². The lowest BCUT2D eigenvalue weighted by Crippen LogP contribution is -2.32. The number of rotatable bonds is 11. The van der Waals surface area contributed by atoms with Gasteiger partial charge in [-0.05, 0) is 37.1 Å². The number of nitrogens with zero attached hydrogens (tertiary/aromatic N) is 1. The highest BCUT2D eigenvalue weighted by Gasteiger charge is 2.20. The average molecular weight is 489 g/mol. The van der Waals surface area contributed by atoms with Crippen LogP contribution < -0.4 is 9.62 Å². The predicted octanol–water partition coefficient (Wildman–Crippen LogP) is 4.90. The first-order valence-corrected chi connectivity index (χ1v) is 13.3. The minimum atomic E-state index is -3.55. The number of hydrogen-bond acceptors (Lipinski definition) is 4. The minimum Gasteiger partial charge on any atom is -0.355 e. The van der Waals surface area contributed by atoms with Gasteiger partial charge in [-0.3, -0.25) is 9.10 Å². The molecular formula is C21H26Cl2N2O3S2. The second-order valence-electron chi connectivity index (χ2n) is 6.92. The molecule has 9 heteroatoms. The number of nitrogens with one attached hydrogen (secondary N) is 1. The largest absolute Gasteiger partial charge is 0.355 e. The summed E-state index contributed by atoms with van der Waals surface area (Å²) in [6, 6.07) is 13.1. The highest BCUT2D eigenvalue weighted by atomic mass is 35.5. The third-order valence-corrected chi connectivity index (χ3v) is 7.07. The summed E-state index contributed by atoms with van der Waals surface area (Å²) in [4.78, 5) is 12.1. The van der Waals surface area contributed by atoms with Gasteiger partial charge in [0, 0.05) is 36.0 Å². The number of anilines is 1. The summed E-state index contributed by atoms with van der Waals surface area (Å²) in [5, 5.41) is 3.56. The lowest BCUT2D eigenvalue weighted by Gasteiger charge is -2.23. The Balaban J connectivity index is 1.73. The van der Waals surface area contributed by atoms with Crippen molar-refractivity contribution in [1.82, 2.24) is 5.32 Å². The zero-order chi connectivity index (χ0) is 22.1. The summed E-state index contributed by atoms with van der Waals surface area (Å²) in [7, 11) is -3.55. The molecule has 0 aliphatic heterocycles. The molecule has 5 nitrogen and oxygen atoms in total. The molecule has 0 atom stereocenters. The van der Waals surface area contributed by atoms with Crippen LogP contribution in [-0.4, -0.2) is 39.4 Å². The van der Waals surface area contributed by atoms with Gasteiger partial charge in [0.25, 0.3) is 0 Å². The molecule has 0 spiro atoms. The van der Waals surface area contributed by atoms with Crippen LogP contribution in [0.4, 0.5) is 5.69 Å². The Morgan fingerprint density at radius 2 is 1.83 bits per heavy atom. The first-order valence-electron chi connectivity index (χ1n) is 9.49. The van der Waals surface area contributed by atoms with Gasteiger partial charge in [0.2, 0.25) is 15.9 Å². The van der Waals surface area contributed by atoms with Crippen molar-refractivity contribution in [2.24, 2.45) is 0 Å². The first kappa shape index (κ1) is 24.9. The van der Waals surface area contributed by atoms with Crippen LogP contribution in [0.2, 0.25) is 10.0 Å². The van der Waals surface area contributed by atoms with Crippen LogP contribution >= 0.6 is 35.0 Å². The van der Waals surface area contributed by atoms with Crippen molar-refractivity contribution in [2.75, 3.05) is 29.4 Å². The molecule has 0 aliphatic carbocycles. The molecule has 0 aromatic heterocycles. The Kier molecular flexibility index (Phi) is 9.81. The van der Waals surface area contributed by atoms with E-state index >= 15 is 0 Å². The number of benzene rings is 2. The number of aryl methyl sites for hydroxylation is 1. The normalized spacial score (nSPS) is 11.3. The van der Waals surface area contributed by atoms with E-state index in [2.05, 4.69) is 36.5 Å². The summed E-state index contributed by atoms with van der Waals surface area (Å²) in [5.41, 5.74) is 2.82. The predicted molar refractivity (Wildman–Crippen MR) is 128 cm³/mol. The summed E-state index contributed by atoms with van der Waals surface area (Å²) < 4.78 is 25.5. The number of hydrogen-bond donors (Lipinski definition) is 1. The molecule has 2 rings (SSSR count). The van der Waals surface area contributed by atoms with Crippen LogP contribution in [0, 0.1) is 6.92 Å². The van der Waals surface area contributed by atoms with Crippen molar-refractivity contribution >= 4 is 56.6 Å². The molecule has 2 aromatic carbocycles. The standard InChI is InChI=1S/C21H26Cl2N2O3S2/c1-16-5-7-17(8-6-16)15-29-13-11-24-21(26)4-3-12-25(30(2,27)28)20-14-18(22)9-10-19(20)23/h5-10,14H,3-4,11-13,15H2,1-2H3,(H,24,26). The van der Waals surface area contributed by atoms with Crippen molar-refractivity contribution in [1.29, 1.82) is 0 Å². The number of halogens is 2. The van der Waals surface area contributed by atoms with Crippen molar-refractivity contribution in [2.45, 2.75) is 25.5 Å². The van der Waals surface area contributed by atoms with Gasteiger partial charge in [0.15, 0.2) is 0 Å². The molecule has 30 heavy (non-hydrogen) atoms. The van der Waals surface area contributed by atoms with E-state index in [1.54, 1.807) is 23.9 Å². The fraction of sp³-hybridized carbons (Fsp3) is 0.381. The lowest BCUT2D eigenvalue weighted by molar-refractivity contribution is -0.121. The molecule has 0 saturated heterocycles. The number of thioether (sulfide) groups is 1. The third-order valence-electron chi connectivity index (χ3n) is 4.30. The maximum Gasteiger partial charge on any atom is 0.232 e. The minimum absolute atomic E-state index is 0.100. The van der Waals surface area contributed by atoms with Gasteiger partial charge in [-0.15, -0.1) is 0 Å². The Hall–Kier alpha value is -1.41. The van der Waals surface area contributed by atoms with E-state index in [1.165, 1.54) is 21.5 Å². The Morgan fingerprint density at radius 1 is 1.13 bits per heavy atom. The smallest absolute Gasteiger partial charge is 0.232 e. The molecule has 0 fully saturated rings. The quantitative estimate of drug-likeness (QED) is 0.456. The Labute approximate surface area is 193 Å². The maximum absolute atomic E-state index is 12.2. The van der Waals surface area contributed by atoms with Crippen LogP contribution in [0.15, 0.2) is 42.5 Å². The average Bonchev–Trinajstić information content (AvgIpc) is 2.67. The van der Waals surface area contributed by atoms with Crippen LogP contribution in [0.3, 0.4) is 0 Å². The molecule has 1 amide bonds. The number of amides is 1. The van der Waals surface area contributed by atoms with E-state index in [0.29, 0.717) is 28.7 Å². The van der Waals surface area contributed by atoms with E-state index in [-0.39, 0.29) is 18.9 Å². The molecule has 0 bridgehead atoms. The van der Waals surface area contributed by atoms with E-state index in [1.807, 2.05) is 0 Å². The van der Waals surface area contributed by atoms with Gasteiger partial charge in [-0.25, -0.2) is 8.42 Å². The molecule has 0 heterocycles. The topological polar surface area (TPSA) is 66.5 Å². The monoisotopic (exact) mass is 488 g/mol. The Bertz CT molecular complexity index is 951. The second kappa shape index (κ2) is 11.8. The molecule has 164 valence electrons. The molecule has 0 radical (unpaired) electrons. The highest BCUT2D eigenvalue weighted by molar-refractivity contribution is 7.98. The van der Waals surface area contributed by atoms with Crippen molar-refractivity contribution in [3.63, 3.8) is 0 Å². The molecule has 0 saturated carbocycles. The van der Waals surface area contributed by atoms with Gasteiger partial charge in [-0.2, -0.15) is 11.8 Å². The van der Waals surface area contributed by atoms with Crippen LogP contribution in [0.25, 0.3) is 0 Å². The lowest BCUT2D eigenvalue weighted by atomic mass is 10.2. The highest BCUT2D eigenvalue weighted by Crippen LogP contribution is 2.30. The summed E-state index contributed by atoms with van der Waals surface area (Å²) in [6.07, 6.45) is 1.71. The molecule has 0 unspecified atom stereocenters. The molecule has 2 aromatic rings. The molecule has 1 N–H and O–H groups in total. The summed E-state index contributed by atoms with van der Waals surface area (Å²) in [6.45, 7) is 2.78. The van der Waals surface area contributed by atoms with Crippen LogP contribution in [0.1, 0.15) is 24.0 Å². The Morgan fingerprint density at radius 3 is 2.50 bits per heavy atom. The molecular weight excluding hydrogens is 463 g/mol. The summed E-state index contributed by atoms with van der Waals surface area (Å²) >= 11 is 13.9. The van der Waals surface area contributed by atoms with Crippen molar-refractivity contribution in [3.05, 3.63) is 63.6 Å². The zero-order valence-corrected chi connectivity index (χ0v) is 20.2. The van der Waals surface area contributed by atoms with Gasteiger partial charge >= 0.3 is 0 Å². The van der Waals surface area contributed by atoms with Crippen LogP contribution in [-0.2, 0) is 20.6 Å². The first-order chi connectivity index (χ1) is 14.2. The third kappa shape index (κ3) is 8.38. The second-order valence-corrected chi connectivity index (χ2v) is 10.8. The van der Waals surface area contributed by atoms with Crippen molar-refractivity contribution in [3.8, 4) is 0 Å². The fourth-order valence-corrected chi connectivity index (χ4v) is 4.97. The number of carbonyl (C=O) groups excluding carboxylic acids is 1. The number of carbonyl (C=O) groups is 1. The van der Waals surface area contributed by atoms with Gasteiger partial charge in [0.05, 0.1) is 17.0 Å². The SMILES string of the molecule is Cc1ccc(CSCCNC(=O)CCCN(c2cc(Cl)ccc2Cl)S(C)(=O)=O)cc1.